The first-order chi connectivity index (χ1) is 9.83. The van der Waals surface area contributed by atoms with Crippen molar-refractivity contribution in [3.8, 4) is 0 Å². The van der Waals surface area contributed by atoms with Gasteiger partial charge >= 0.3 is 0 Å². The number of nitrogens with one attached hydrogen (secondary N) is 1. The lowest BCUT2D eigenvalue weighted by Crippen LogP contribution is -2.39. The summed E-state index contributed by atoms with van der Waals surface area (Å²) in [5, 5.41) is 7.33. The van der Waals surface area contributed by atoms with Crippen molar-refractivity contribution in [2.45, 2.75) is 37.8 Å². The van der Waals surface area contributed by atoms with Crippen LogP contribution in [-0.4, -0.2) is 43.2 Å². The Kier molecular flexibility index (Phi) is 4.70. The summed E-state index contributed by atoms with van der Waals surface area (Å²) < 4.78 is 5.53. The van der Waals surface area contributed by atoms with Crippen LogP contribution >= 0.6 is 11.3 Å². The third kappa shape index (κ3) is 3.40. The maximum atomic E-state index is 12.1. The number of rotatable bonds is 5. The molecule has 0 aromatic carbocycles. The lowest BCUT2D eigenvalue weighted by atomic mass is 10.1. The predicted molar refractivity (Wildman–Crippen MR) is 79.9 cm³/mol. The molecular weight excluding hydrogens is 272 g/mol. The van der Waals surface area contributed by atoms with Gasteiger partial charge < -0.3 is 10.1 Å². The molecule has 20 heavy (non-hydrogen) atoms. The number of hydrogen-bond donors (Lipinski definition) is 1. The normalized spacial score (nSPS) is 27.0. The first kappa shape index (κ1) is 14.0. The van der Waals surface area contributed by atoms with E-state index in [0.717, 1.165) is 32.4 Å². The van der Waals surface area contributed by atoms with E-state index in [1.807, 2.05) is 0 Å². The summed E-state index contributed by atoms with van der Waals surface area (Å²) in [7, 11) is 0. The van der Waals surface area contributed by atoms with E-state index < -0.39 is 0 Å². The summed E-state index contributed by atoms with van der Waals surface area (Å²) in [6.45, 7) is 3.03. The fourth-order valence-corrected chi connectivity index (χ4v) is 3.84. The number of amides is 1. The number of ether oxygens (including phenoxy) is 1. The van der Waals surface area contributed by atoms with Crippen LogP contribution in [0.3, 0.4) is 0 Å². The van der Waals surface area contributed by atoms with Gasteiger partial charge in [0.25, 0.3) is 0 Å². The molecule has 1 aromatic rings. The quantitative estimate of drug-likeness (QED) is 0.905. The fraction of sp³-hybridized carbons (Fsp3) is 0.667. The van der Waals surface area contributed by atoms with Crippen molar-refractivity contribution in [3.63, 3.8) is 0 Å². The van der Waals surface area contributed by atoms with E-state index in [1.54, 1.807) is 11.3 Å². The van der Waals surface area contributed by atoms with E-state index in [0.29, 0.717) is 19.1 Å². The number of likely N-dealkylation sites (tertiary alicyclic amines) is 1. The van der Waals surface area contributed by atoms with Crippen molar-refractivity contribution in [1.82, 2.24) is 10.2 Å². The van der Waals surface area contributed by atoms with Gasteiger partial charge in [0.1, 0.15) is 0 Å². The van der Waals surface area contributed by atoms with Crippen LogP contribution < -0.4 is 5.32 Å². The van der Waals surface area contributed by atoms with Crippen LogP contribution in [0.4, 0.5) is 0 Å². The zero-order chi connectivity index (χ0) is 13.8. The van der Waals surface area contributed by atoms with Gasteiger partial charge in [-0.3, -0.25) is 9.69 Å². The van der Waals surface area contributed by atoms with Crippen LogP contribution in [0.15, 0.2) is 16.8 Å². The van der Waals surface area contributed by atoms with Crippen LogP contribution in [0.2, 0.25) is 0 Å². The second kappa shape index (κ2) is 6.70. The third-order valence-corrected chi connectivity index (χ3v) is 4.89. The van der Waals surface area contributed by atoms with Crippen LogP contribution in [0.5, 0.6) is 0 Å². The standard InChI is InChI=1S/C15H22N2O2S/c18-15(16-9-13-3-2-7-19-13)10-17-6-1-4-14(17)12-5-8-20-11-12/h5,8,11,13-14H,1-4,6-7,9-10H2,(H,16,18)/t13-,14-/m1/s1. The van der Waals surface area contributed by atoms with Gasteiger partial charge in [0.2, 0.25) is 5.91 Å². The molecule has 0 aliphatic carbocycles. The Morgan fingerprint density at radius 1 is 1.45 bits per heavy atom. The number of carbonyl (C=O) groups is 1. The molecule has 2 aliphatic heterocycles. The molecule has 0 saturated carbocycles. The molecule has 1 N–H and O–H groups in total. The molecule has 3 heterocycles. The zero-order valence-electron chi connectivity index (χ0n) is 11.7. The van der Waals surface area contributed by atoms with Crippen LogP contribution in [-0.2, 0) is 9.53 Å². The summed E-state index contributed by atoms with van der Waals surface area (Å²) in [6, 6.07) is 2.60. The average molecular weight is 294 g/mol. The fourth-order valence-electron chi connectivity index (χ4n) is 3.13. The van der Waals surface area contributed by atoms with Gasteiger partial charge in [-0.15, -0.1) is 0 Å². The van der Waals surface area contributed by atoms with E-state index in [4.69, 9.17) is 4.74 Å². The summed E-state index contributed by atoms with van der Waals surface area (Å²) in [6.07, 6.45) is 4.76. The van der Waals surface area contributed by atoms with Crippen molar-refractivity contribution in [2.24, 2.45) is 0 Å². The first-order valence-corrected chi connectivity index (χ1v) is 8.41. The average Bonchev–Trinajstić information content (AvgIpc) is 3.18. The molecule has 4 nitrogen and oxygen atoms in total. The van der Waals surface area contributed by atoms with Gasteiger partial charge in [0, 0.05) is 19.2 Å². The summed E-state index contributed by atoms with van der Waals surface area (Å²) in [5.41, 5.74) is 1.36. The Morgan fingerprint density at radius 2 is 2.40 bits per heavy atom. The highest BCUT2D eigenvalue weighted by molar-refractivity contribution is 7.07. The molecule has 2 saturated heterocycles. The monoisotopic (exact) mass is 294 g/mol. The van der Waals surface area contributed by atoms with Crippen LogP contribution in [0, 0.1) is 0 Å². The maximum Gasteiger partial charge on any atom is 0.234 e. The first-order valence-electron chi connectivity index (χ1n) is 7.47. The Morgan fingerprint density at radius 3 is 3.15 bits per heavy atom. The Bertz CT molecular complexity index is 429. The largest absolute Gasteiger partial charge is 0.376 e. The third-order valence-electron chi connectivity index (χ3n) is 4.19. The molecule has 2 fully saturated rings. The zero-order valence-corrected chi connectivity index (χ0v) is 12.5. The van der Waals surface area contributed by atoms with Gasteiger partial charge in [0.15, 0.2) is 0 Å². The minimum absolute atomic E-state index is 0.127. The molecule has 0 spiro atoms. The number of carbonyl (C=O) groups excluding carboxylic acids is 1. The number of thiophene rings is 1. The van der Waals surface area contributed by atoms with E-state index in [2.05, 4.69) is 27.0 Å². The van der Waals surface area contributed by atoms with Gasteiger partial charge in [-0.1, -0.05) is 0 Å². The molecule has 2 atom stereocenters. The Balaban J connectivity index is 1.47. The van der Waals surface area contributed by atoms with Crippen molar-refractivity contribution in [1.29, 1.82) is 0 Å². The van der Waals surface area contributed by atoms with Crippen LogP contribution in [0.1, 0.15) is 37.3 Å². The SMILES string of the molecule is O=C(CN1CCC[C@@H]1c1ccsc1)NC[C@H]1CCCO1. The predicted octanol–water partition coefficient (Wildman–Crippen LogP) is 2.18. The molecule has 2 aliphatic rings. The van der Waals surface area contributed by atoms with Crippen molar-refractivity contribution in [3.05, 3.63) is 22.4 Å². The van der Waals surface area contributed by atoms with E-state index in [-0.39, 0.29) is 12.0 Å². The molecule has 0 bridgehead atoms. The highest BCUT2D eigenvalue weighted by Gasteiger charge is 2.28. The van der Waals surface area contributed by atoms with E-state index >= 15 is 0 Å². The molecular formula is C15H22N2O2S. The smallest absolute Gasteiger partial charge is 0.234 e. The van der Waals surface area contributed by atoms with Crippen LogP contribution in [0.25, 0.3) is 0 Å². The summed E-state index contributed by atoms with van der Waals surface area (Å²) >= 11 is 1.73. The Labute approximate surface area is 124 Å². The molecule has 0 unspecified atom stereocenters. The number of hydrogen-bond acceptors (Lipinski definition) is 4. The topological polar surface area (TPSA) is 41.6 Å². The van der Waals surface area contributed by atoms with Crippen molar-refractivity contribution >= 4 is 17.2 Å². The highest BCUT2D eigenvalue weighted by atomic mass is 32.1. The van der Waals surface area contributed by atoms with Crippen molar-refractivity contribution < 1.29 is 9.53 Å². The van der Waals surface area contributed by atoms with Gasteiger partial charge in [-0.25, -0.2) is 0 Å². The minimum Gasteiger partial charge on any atom is -0.376 e. The van der Waals surface area contributed by atoms with Gasteiger partial charge in [0.05, 0.1) is 12.6 Å². The number of nitrogens with zero attached hydrogens (tertiary/aromatic N) is 1. The molecule has 3 rings (SSSR count). The van der Waals surface area contributed by atoms with E-state index in [1.165, 1.54) is 12.0 Å². The van der Waals surface area contributed by atoms with Gasteiger partial charge in [-0.2, -0.15) is 11.3 Å². The minimum atomic E-state index is 0.127. The maximum absolute atomic E-state index is 12.1. The van der Waals surface area contributed by atoms with Gasteiger partial charge in [-0.05, 0) is 54.6 Å². The van der Waals surface area contributed by atoms with Crippen molar-refractivity contribution in [2.75, 3.05) is 26.2 Å². The Hall–Kier alpha value is -0.910. The van der Waals surface area contributed by atoms with E-state index in [9.17, 15) is 4.79 Å². The summed E-state index contributed by atoms with van der Waals surface area (Å²) in [4.78, 5) is 14.4. The molecule has 5 heteroatoms. The molecule has 1 amide bonds. The molecule has 1 aromatic heterocycles. The second-order valence-electron chi connectivity index (χ2n) is 5.62. The molecule has 110 valence electrons. The highest BCUT2D eigenvalue weighted by Crippen LogP contribution is 2.32. The summed E-state index contributed by atoms with van der Waals surface area (Å²) in [5.74, 6) is 0.127. The molecule has 0 radical (unpaired) electrons. The lowest BCUT2D eigenvalue weighted by Gasteiger charge is -2.23. The lowest BCUT2D eigenvalue weighted by molar-refractivity contribution is -0.123. The second-order valence-corrected chi connectivity index (χ2v) is 6.40.